The van der Waals surface area contributed by atoms with Gasteiger partial charge in [0, 0.05) is 6.04 Å². The average Bonchev–Trinajstić information content (AvgIpc) is 2.88. The van der Waals surface area contributed by atoms with E-state index in [1.54, 1.807) is 5.51 Å². The van der Waals surface area contributed by atoms with E-state index in [0.717, 1.165) is 12.3 Å². The predicted octanol–water partition coefficient (Wildman–Crippen LogP) is 3.08. The third-order valence-corrected chi connectivity index (χ3v) is 4.60. The fourth-order valence-corrected chi connectivity index (χ4v) is 3.43. The number of aromatic carboxylic acids is 1. The lowest BCUT2D eigenvalue weighted by Crippen LogP contribution is -2.25. The van der Waals surface area contributed by atoms with E-state index in [0.29, 0.717) is 17.0 Å². The SMILES string of the molecule is CCC1CCC(Nc2scnc2C(=O)O)C1C. The van der Waals surface area contributed by atoms with Crippen molar-refractivity contribution >= 4 is 22.3 Å². The Balaban J connectivity index is 2.06. The van der Waals surface area contributed by atoms with Crippen LogP contribution in [0.25, 0.3) is 0 Å². The van der Waals surface area contributed by atoms with Gasteiger partial charge in [-0.05, 0) is 24.7 Å². The Morgan fingerprint density at radius 3 is 3.00 bits per heavy atom. The molecule has 17 heavy (non-hydrogen) atoms. The summed E-state index contributed by atoms with van der Waals surface area (Å²) in [5, 5.41) is 13.1. The monoisotopic (exact) mass is 254 g/mol. The molecule has 1 aromatic heterocycles. The van der Waals surface area contributed by atoms with E-state index in [1.807, 2.05) is 0 Å². The molecule has 4 nitrogen and oxygen atoms in total. The molecule has 3 atom stereocenters. The molecule has 1 saturated carbocycles. The zero-order valence-electron chi connectivity index (χ0n) is 10.1. The second-order valence-corrected chi connectivity index (χ2v) is 5.55. The van der Waals surface area contributed by atoms with Gasteiger partial charge in [-0.15, -0.1) is 11.3 Å². The van der Waals surface area contributed by atoms with Crippen molar-refractivity contribution in [2.45, 2.75) is 39.2 Å². The molecule has 0 saturated heterocycles. The van der Waals surface area contributed by atoms with Gasteiger partial charge < -0.3 is 10.4 Å². The van der Waals surface area contributed by atoms with E-state index in [4.69, 9.17) is 5.11 Å². The first kappa shape index (κ1) is 12.4. The Bertz CT molecular complexity index is 405. The standard InChI is InChI=1S/C12H18N2O2S/c1-3-8-4-5-9(7(8)2)14-11-10(12(15)16)13-6-17-11/h6-9,14H,3-5H2,1-2H3,(H,15,16). The summed E-state index contributed by atoms with van der Waals surface area (Å²) in [6, 6.07) is 0.387. The van der Waals surface area contributed by atoms with Crippen molar-refractivity contribution < 1.29 is 9.90 Å². The first-order chi connectivity index (χ1) is 8.13. The van der Waals surface area contributed by atoms with E-state index in [9.17, 15) is 4.79 Å². The predicted molar refractivity (Wildman–Crippen MR) is 68.7 cm³/mol. The smallest absolute Gasteiger partial charge is 0.357 e. The van der Waals surface area contributed by atoms with Crippen LogP contribution in [0.5, 0.6) is 0 Å². The lowest BCUT2D eigenvalue weighted by Gasteiger charge is -2.21. The Kier molecular flexibility index (Phi) is 3.66. The molecule has 0 amide bonds. The van der Waals surface area contributed by atoms with E-state index in [1.165, 1.54) is 24.2 Å². The number of carboxylic acids is 1. The van der Waals surface area contributed by atoms with Crippen molar-refractivity contribution in [3.63, 3.8) is 0 Å². The van der Waals surface area contributed by atoms with E-state index >= 15 is 0 Å². The van der Waals surface area contributed by atoms with E-state index in [-0.39, 0.29) is 5.69 Å². The Hall–Kier alpha value is -1.10. The topological polar surface area (TPSA) is 62.2 Å². The quantitative estimate of drug-likeness (QED) is 0.866. The Labute approximate surface area is 105 Å². The van der Waals surface area contributed by atoms with Crippen molar-refractivity contribution in [2.24, 2.45) is 11.8 Å². The highest BCUT2D eigenvalue weighted by atomic mass is 32.1. The van der Waals surface area contributed by atoms with Crippen molar-refractivity contribution in [1.82, 2.24) is 4.98 Å². The maximum absolute atomic E-state index is 11.0. The summed E-state index contributed by atoms with van der Waals surface area (Å²) in [7, 11) is 0. The average molecular weight is 254 g/mol. The zero-order valence-corrected chi connectivity index (χ0v) is 11.0. The maximum Gasteiger partial charge on any atom is 0.357 e. The summed E-state index contributed by atoms with van der Waals surface area (Å²) in [6.45, 7) is 4.47. The molecule has 2 N–H and O–H groups in total. The van der Waals surface area contributed by atoms with Crippen LogP contribution >= 0.6 is 11.3 Å². The number of hydrogen-bond acceptors (Lipinski definition) is 4. The van der Waals surface area contributed by atoms with Crippen molar-refractivity contribution in [3.8, 4) is 0 Å². The van der Waals surface area contributed by atoms with Crippen LogP contribution in [0.2, 0.25) is 0 Å². The molecule has 0 spiro atoms. The van der Waals surface area contributed by atoms with Crippen LogP contribution in [0, 0.1) is 11.8 Å². The van der Waals surface area contributed by atoms with Crippen LogP contribution in [0.4, 0.5) is 5.00 Å². The first-order valence-corrected chi connectivity index (χ1v) is 6.94. The molecule has 1 aliphatic carbocycles. The number of aromatic nitrogens is 1. The van der Waals surface area contributed by atoms with Crippen LogP contribution in [0.3, 0.4) is 0 Å². The van der Waals surface area contributed by atoms with Crippen LogP contribution in [-0.4, -0.2) is 22.1 Å². The van der Waals surface area contributed by atoms with Gasteiger partial charge in [-0.2, -0.15) is 0 Å². The van der Waals surface area contributed by atoms with Gasteiger partial charge in [-0.1, -0.05) is 20.3 Å². The second-order valence-electron chi connectivity index (χ2n) is 4.69. The Morgan fingerprint density at radius 2 is 2.41 bits per heavy atom. The molecule has 0 bridgehead atoms. The minimum atomic E-state index is -0.952. The largest absolute Gasteiger partial charge is 0.476 e. The highest BCUT2D eigenvalue weighted by molar-refractivity contribution is 7.14. The number of carboxylic acid groups (broad SMARTS) is 1. The molecule has 0 aliphatic heterocycles. The minimum absolute atomic E-state index is 0.155. The minimum Gasteiger partial charge on any atom is -0.476 e. The number of hydrogen-bond donors (Lipinski definition) is 2. The van der Waals surface area contributed by atoms with E-state index < -0.39 is 5.97 Å². The zero-order chi connectivity index (χ0) is 12.4. The van der Waals surface area contributed by atoms with Gasteiger partial charge in [0.25, 0.3) is 0 Å². The molecular weight excluding hydrogens is 236 g/mol. The highest BCUT2D eigenvalue weighted by Crippen LogP contribution is 2.36. The summed E-state index contributed by atoms with van der Waals surface area (Å²) in [6.07, 6.45) is 3.56. The molecule has 2 rings (SSSR count). The molecular formula is C12H18N2O2S. The number of rotatable bonds is 4. The number of nitrogens with one attached hydrogen (secondary N) is 1. The van der Waals surface area contributed by atoms with Gasteiger partial charge in [0.15, 0.2) is 5.69 Å². The molecule has 1 fully saturated rings. The second kappa shape index (κ2) is 5.04. The maximum atomic E-state index is 11.0. The summed E-state index contributed by atoms with van der Waals surface area (Å²) in [4.78, 5) is 14.8. The van der Waals surface area contributed by atoms with Gasteiger partial charge in [0.2, 0.25) is 0 Å². The number of nitrogens with zero attached hydrogens (tertiary/aromatic N) is 1. The van der Waals surface area contributed by atoms with Gasteiger partial charge in [0.1, 0.15) is 5.00 Å². The van der Waals surface area contributed by atoms with Crippen molar-refractivity contribution in [3.05, 3.63) is 11.2 Å². The van der Waals surface area contributed by atoms with Gasteiger partial charge in [0.05, 0.1) is 5.51 Å². The summed E-state index contributed by atoms with van der Waals surface area (Å²) in [5.74, 6) is 0.406. The lowest BCUT2D eigenvalue weighted by atomic mass is 9.93. The number of anilines is 1. The third-order valence-electron chi connectivity index (χ3n) is 3.84. The van der Waals surface area contributed by atoms with Gasteiger partial charge in [-0.3, -0.25) is 0 Å². The van der Waals surface area contributed by atoms with Crippen LogP contribution < -0.4 is 5.32 Å². The Morgan fingerprint density at radius 1 is 1.65 bits per heavy atom. The number of carbonyl (C=O) groups is 1. The fraction of sp³-hybridized carbons (Fsp3) is 0.667. The molecule has 0 aromatic carbocycles. The molecule has 1 aliphatic rings. The normalized spacial score (nSPS) is 28.2. The molecule has 94 valence electrons. The van der Waals surface area contributed by atoms with Gasteiger partial charge in [-0.25, -0.2) is 9.78 Å². The number of thiazole rings is 1. The summed E-state index contributed by atoms with van der Waals surface area (Å²) >= 11 is 1.37. The molecule has 1 heterocycles. The summed E-state index contributed by atoms with van der Waals surface area (Å²) < 4.78 is 0. The lowest BCUT2D eigenvalue weighted by molar-refractivity contribution is 0.0692. The molecule has 0 radical (unpaired) electrons. The van der Waals surface area contributed by atoms with Crippen LogP contribution in [0.15, 0.2) is 5.51 Å². The fourth-order valence-electron chi connectivity index (χ4n) is 2.70. The van der Waals surface area contributed by atoms with Crippen molar-refractivity contribution in [2.75, 3.05) is 5.32 Å². The highest BCUT2D eigenvalue weighted by Gasteiger charge is 2.32. The van der Waals surface area contributed by atoms with Crippen molar-refractivity contribution in [1.29, 1.82) is 0 Å². The third kappa shape index (κ3) is 2.44. The van der Waals surface area contributed by atoms with Crippen LogP contribution in [-0.2, 0) is 0 Å². The molecule has 3 unspecified atom stereocenters. The van der Waals surface area contributed by atoms with E-state index in [2.05, 4.69) is 24.1 Å². The molecule has 5 heteroatoms. The first-order valence-electron chi connectivity index (χ1n) is 6.06. The summed E-state index contributed by atoms with van der Waals surface area (Å²) in [5.41, 5.74) is 1.74. The van der Waals surface area contributed by atoms with Crippen LogP contribution in [0.1, 0.15) is 43.6 Å². The molecule has 1 aromatic rings. The van der Waals surface area contributed by atoms with Gasteiger partial charge >= 0.3 is 5.97 Å².